The predicted octanol–water partition coefficient (Wildman–Crippen LogP) is 5.24. The fourth-order valence-electron chi connectivity index (χ4n) is 4.10. The van der Waals surface area contributed by atoms with Gasteiger partial charge in [0, 0.05) is 17.1 Å². The topological polar surface area (TPSA) is 56.1 Å². The third-order valence-corrected chi connectivity index (χ3v) is 7.67. The summed E-state index contributed by atoms with van der Waals surface area (Å²) in [6, 6.07) is 6.46. The molecular formula is C22H21ClFNO3S. The first-order valence-corrected chi connectivity index (χ1v) is 11.4. The van der Waals surface area contributed by atoms with E-state index >= 15 is 0 Å². The van der Waals surface area contributed by atoms with Crippen molar-refractivity contribution in [2.45, 2.75) is 44.4 Å². The summed E-state index contributed by atoms with van der Waals surface area (Å²) >= 11 is 5.72. The van der Waals surface area contributed by atoms with Crippen LogP contribution in [0.5, 0.6) is 0 Å². The summed E-state index contributed by atoms with van der Waals surface area (Å²) in [4.78, 5) is 12.6. The van der Waals surface area contributed by atoms with Crippen LogP contribution in [0.25, 0.3) is 10.9 Å². The van der Waals surface area contributed by atoms with Gasteiger partial charge in [-0.25, -0.2) is 16.8 Å². The van der Waals surface area contributed by atoms with E-state index in [9.17, 15) is 17.6 Å². The summed E-state index contributed by atoms with van der Waals surface area (Å²) < 4.78 is 43.0. The van der Waals surface area contributed by atoms with Gasteiger partial charge in [0.2, 0.25) is 0 Å². The summed E-state index contributed by atoms with van der Waals surface area (Å²) in [5.74, 6) is -1.07. The summed E-state index contributed by atoms with van der Waals surface area (Å²) in [6.45, 7) is 5.40. The third-order valence-electron chi connectivity index (χ3n) is 5.45. The number of rotatable bonds is 5. The van der Waals surface area contributed by atoms with Gasteiger partial charge >= 0.3 is 0 Å². The van der Waals surface area contributed by atoms with Gasteiger partial charge in [-0.05, 0) is 68.4 Å². The van der Waals surface area contributed by atoms with E-state index in [0.717, 1.165) is 22.4 Å². The fourth-order valence-corrected chi connectivity index (χ4v) is 6.03. The van der Waals surface area contributed by atoms with Crippen LogP contribution in [0.3, 0.4) is 0 Å². The van der Waals surface area contributed by atoms with Gasteiger partial charge in [-0.1, -0.05) is 17.7 Å². The molecule has 0 N–H and O–H groups in total. The molecule has 0 unspecified atom stereocenters. The lowest BCUT2D eigenvalue weighted by Crippen LogP contribution is -2.15. The Balaban J connectivity index is 2.05. The van der Waals surface area contributed by atoms with Crippen LogP contribution in [-0.2, 0) is 10.0 Å². The average Bonchev–Trinajstić information content (AvgIpc) is 3.40. The molecule has 1 aliphatic carbocycles. The second-order valence-electron chi connectivity index (χ2n) is 7.79. The molecule has 1 fully saturated rings. The van der Waals surface area contributed by atoms with Crippen molar-refractivity contribution in [1.82, 2.24) is 3.97 Å². The number of hydrogen-bond acceptors (Lipinski definition) is 3. The smallest absolute Gasteiger partial charge is 0.268 e. The summed E-state index contributed by atoms with van der Waals surface area (Å²) in [5, 5.41) is 0.267. The van der Waals surface area contributed by atoms with E-state index < -0.39 is 21.6 Å². The molecule has 0 aliphatic heterocycles. The minimum atomic E-state index is -4.00. The molecule has 152 valence electrons. The number of carbonyl (C=O) groups is 1. The number of nitrogens with zero attached hydrogens (tertiary/aromatic N) is 1. The SMILES string of the molecule is Cc1cc(C)c(S(=O)(=O)n2cc(C(=O)CCl)c3cc(F)c(C4CC4)cc32)c(C)c1. The number of aromatic nitrogens is 1. The molecule has 2 aromatic carbocycles. The van der Waals surface area contributed by atoms with E-state index in [1.54, 1.807) is 19.9 Å². The number of alkyl halides is 1. The van der Waals surface area contributed by atoms with Crippen molar-refractivity contribution in [3.8, 4) is 0 Å². The van der Waals surface area contributed by atoms with Crippen LogP contribution in [-0.4, -0.2) is 24.1 Å². The van der Waals surface area contributed by atoms with Gasteiger partial charge < -0.3 is 0 Å². The first kappa shape index (κ1) is 20.1. The molecule has 4 nitrogen and oxygen atoms in total. The van der Waals surface area contributed by atoms with Gasteiger partial charge in [-0.2, -0.15) is 0 Å². The molecule has 1 aliphatic rings. The van der Waals surface area contributed by atoms with E-state index in [0.29, 0.717) is 22.2 Å². The standard InChI is InChI=1S/C22H21ClFNO3S/c1-12-6-13(2)22(14(3)7-12)29(27,28)25-11-18(21(26)10-23)17-8-19(24)16(9-20(17)25)15-4-5-15/h6-9,11,15H,4-5,10H2,1-3H3. The van der Waals surface area contributed by atoms with Crippen molar-refractivity contribution in [1.29, 1.82) is 0 Å². The molecular weight excluding hydrogens is 413 g/mol. The van der Waals surface area contributed by atoms with Crippen LogP contribution >= 0.6 is 11.6 Å². The highest BCUT2D eigenvalue weighted by Crippen LogP contribution is 2.43. The molecule has 29 heavy (non-hydrogen) atoms. The van der Waals surface area contributed by atoms with Crippen LogP contribution in [0.4, 0.5) is 4.39 Å². The van der Waals surface area contributed by atoms with Crippen molar-refractivity contribution < 1.29 is 17.6 Å². The van der Waals surface area contributed by atoms with Gasteiger partial charge in [0.05, 0.1) is 16.3 Å². The van der Waals surface area contributed by atoms with Crippen molar-refractivity contribution in [2.24, 2.45) is 0 Å². The first-order chi connectivity index (χ1) is 13.6. The van der Waals surface area contributed by atoms with Gasteiger partial charge in [0.1, 0.15) is 5.82 Å². The van der Waals surface area contributed by atoms with Crippen LogP contribution in [0, 0.1) is 26.6 Å². The molecule has 7 heteroatoms. The number of fused-ring (bicyclic) bond motifs is 1. The van der Waals surface area contributed by atoms with Gasteiger partial charge in [0.25, 0.3) is 10.0 Å². The van der Waals surface area contributed by atoms with Crippen molar-refractivity contribution in [3.05, 3.63) is 64.1 Å². The number of hydrogen-bond donors (Lipinski definition) is 0. The molecule has 0 radical (unpaired) electrons. The molecule has 1 aromatic heterocycles. The number of ketones is 1. The Bertz CT molecular complexity index is 1250. The van der Waals surface area contributed by atoms with Crippen LogP contribution in [0.1, 0.15) is 51.4 Å². The van der Waals surface area contributed by atoms with Crippen molar-refractivity contribution in [2.75, 3.05) is 5.88 Å². The van der Waals surface area contributed by atoms with E-state index in [-0.39, 0.29) is 27.6 Å². The monoisotopic (exact) mass is 433 g/mol. The lowest BCUT2D eigenvalue weighted by atomic mass is 10.0. The minimum absolute atomic E-state index is 0.0977. The lowest BCUT2D eigenvalue weighted by molar-refractivity contribution is 0.102. The maximum atomic E-state index is 14.7. The maximum absolute atomic E-state index is 14.7. The van der Waals surface area contributed by atoms with E-state index in [1.807, 2.05) is 19.1 Å². The Morgan fingerprint density at radius 3 is 2.31 bits per heavy atom. The number of benzene rings is 2. The number of aryl methyl sites for hydroxylation is 3. The van der Waals surface area contributed by atoms with Gasteiger partial charge in [0.15, 0.2) is 5.78 Å². The molecule has 0 saturated heterocycles. The molecule has 4 rings (SSSR count). The van der Waals surface area contributed by atoms with Crippen molar-refractivity contribution >= 4 is 38.3 Å². The highest BCUT2D eigenvalue weighted by atomic mass is 35.5. The first-order valence-electron chi connectivity index (χ1n) is 9.42. The lowest BCUT2D eigenvalue weighted by Gasteiger charge is -2.14. The molecule has 3 aromatic rings. The Morgan fingerprint density at radius 2 is 1.76 bits per heavy atom. The van der Waals surface area contributed by atoms with E-state index in [4.69, 9.17) is 11.6 Å². The minimum Gasteiger partial charge on any atom is -0.293 e. The normalized spacial score (nSPS) is 14.5. The summed E-state index contributed by atoms with van der Waals surface area (Å²) in [7, 11) is -4.00. The third kappa shape index (κ3) is 3.28. The molecule has 0 spiro atoms. The van der Waals surface area contributed by atoms with Gasteiger partial charge in [-0.3, -0.25) is 4.79 Å². The highest BCUT2D eigenvalue weighted by Gasteiger charge is 2.31. The summed E-state index contributed by atoms with van der Waals surface area (Å²) in [5.41, 5.74) is 3.13. The molecule has 1 heterocycles. The molecule has 0 atom stereocenters. The number of carbonyl (C=O) groups excluding carboxylic acids is 1. The second kappa shape index (κ2) is 6.96. The Morgan fingerprint density at radius 1 is 1.14 bits per heavy atom. The van der Waals surface area contributed by atoms with Gasteiger partial charge in [-0.15, -0.1) is 11.6 Å². The predicted molar refractivity (Wildman–Crippen MR) is 112 cm³/mol. The maximum Gasteiger partial charge on any atom is 0.268 e. The Labute approximate surface area is 174 Å². The van der Waals surface area contributed by atoms with E-state index in [1.165, 1.54) is 12.3 Å². The van der Waals surface area contributed by atoms with Crippen LogP contribution in [0.15, 0.2) is 35.4 Å². The average molecular weight is 434 g/mol. The zero-order chi connectivity index (χ0) is 21.1. The second-order valence-corrected chi connectivity index (χ2v) is 9.81. The van der Waals surface area contributed by atoms with Crippen LogP contribution in [0.2, 0.25) is 0 Å². The molecule has 1 saturated carbocycles. The fraction of sp³-hybridized carbons (Fsp3) is 0.318. The zero-order valence-electron chi connectivity index (χ0n) is 16.4. The van der Waals surface area contributed by atoms with E-state index in [2.05, 4.69) is 0 Å². The zero-order valence-corrected chi connectivity index (χ0v) is 18.0. The largest absolute Gasteiger partial charge is 0.293 e. The summed E-state index contributed by atoms with van der Waals surface area (Å²) in [6.07, 6.45) is 3.03. The quantitative estimate of drug-likeness (QED) is 0.408. The molecule has 0 amide bonds. The van der Waals surface area contributed by atoms with Crippen molar-refractivity contribution in [3.63, 3.8) is 0 Å². The molecule has 0 bridgehead atoms. The van der Waals surface area contributed by atoms with Crippen LogP contribution < -0.4 is 0 Å². The number of halogens is 2. The Hall–Kier alpha value is -2.18. The Kier molecular flexibility index (Phi) is 4.82. The highest BCUT2D eigenvalue weighted by molar-refractivity contribution is 7.90. The number of Topliss-reactive ketones (excluding diaryl/α,β-unsaturated/α-hetero) is 1.